The van der Waals surface area contributed by atoms with Crippen LogP contribution in [0.1, 0.15) is 53.4 Å². The van der Waals surface area contributed by atoms with Gasteiger partial charge in [0.15, 0.2) is 0 Å². The van der Waals surface area contributed by atoms with Crippen molar-refractivity contribution in [1.29, 1.82) is 0 Å². The molecule has 2 amide bonds. The van der Waals surface area contributed by atoms with Gasteiger partial charge in [0.2, 0.25) is 5.91 Å². The lowest BCUT2D eigenvalue weighted by Crippen LogP contribution is -2.53. The summed E-state index contributed by atoms with van der Waals surface area (Å²) in [5.74, 6) is -0.700. The van der Waals surface area contributed by atoms with E-state index >= 15 is 0 Å². The van der Waals surface area contributed by atoms with Gasteiger partial charge in [-0.2, -0.15) is 0 Å². The maximum atomic E-state index is 12.5. The third-order valence-electron chi connectivity index (χ3n) is 3.96. The van der Waals surface area contributed by atoms with E-state index in [1.165, 1.54) is 4.90 Å². The molecule has 0 bridgehead atoms. The number of nitrogens with one attached hydrogen (secondary N) is 1. The highest BCUT2D eigenvalue weighted by Crippen LogP contribution is 2.37. The molecule has 23 heavy (non-hydrogen) atoms. The summed E-state index contributed by atoms with van der Waals surface area (Å²) < 4.78 is 10.4. The highest BCUT2D eigenvalue weighted by molar-refractivity contribution is 5.94. The molecule has 130 valence electrons. The maximum absolute atomic E-state index is 12.5. The molecule has 0 radical (unpaired) electrons. The van der Waals surface area contributed by atoms with Crippen molar-refractivity contribution in [3.05, 3.63) is 0 Å². The van der Waals surface area contributed by atoms with Crippen LogP contribution in [0.15, 0.2) is 0 Å². The van der Waals surface area contributed by atoms with Gasteiger partial charge in [0.05, 0.1) is 6.61 Å². The van der Waals surface area contributed by atoms with Gasteiger partial charge in [-0.1, -0.05) is 0 Å². The van der Waals surface area contributed by atoms with E-state index in [-0.39, 0.29) is 12.5 Å². The van der Waals surface area contributed by atoms with Crippen molar-refractivity contribution >= 4 is 18.0 Å². The molecule has 0 aromatic carbocycles. The number of carbonyl (C=O) groups is 3. The summed E-state index contributed by atoms with van der Waals surface area (Å²) in [6, 6.07) is -0.586. The second-order valence-corrected chi connectivity index (χ2v) is 7.12. The Balaban J connectivity index is 1.98. The minimum Gasteiger partial charge on any atom is -0.464 e. The number of hydrogen-bond acceptors (Lipinski definition) is 5. The van der Waals surface area contributed by atoms with Crippen molar-refractivity contribution in [3.63, 3.8) is 0 Å². The van der Waals surface area contributed by atoms with Gasteiger partial charge in [-0.3, -0.25) is 9.69 Å². The lowest BCUT2D eigenvalue weighted by Gasteiger charge is -2.28. The van der Waals surface area contributed by atoms with Crippen LogP contribution in [-0.2, 0) is 19.1 Å². The zero-order chi connectivity index (χ0) is 17.3. The van der Waals surface area contributed by atoms with Crippen LogP contribution in [0.3, 0.4) is 0 Å². The number of nitrogens with zero attached hydrogens (tertiary/aromatic N) is 1. The minimum absolute atomic E-state index is 0.282. The summed E-state index contributed by atoms with van der Waals surface area (Å²) >= 11 is 0. The molecule has 7 nitrogen and oxygen atoms in total. The molecule has 1 atom stereocenters. The summed E-state index contributed by atoms with van der Waals surface area (Å²) in [4.78, 5) is 38.1. The fourth-order valence-electron chi connectivity index (χ4n) is 2.67. The van der Waals surface area contributed by atoms with Crippen LogP contribution in [0.25, 0.3) is 0 Å². The Morgan fingerprint density at radius 2 is 1.91 bits per heavy atom. The van der Waals surface area contributed by atoms with E-state index in [2.05, 4.69) is 5.32 Å². The summed E-state index contributed by atoms with van der Waals surface area (Å²) in [7, 11) is 0. The van der Waals surface area contributed by atoms with Crippen molar-refractivity contribution in [1.82, 2.24) is 10.2 Å². The molecular formula is C16H26N2O5. The third kappa shape index (κ3) is 4.14. The Kier molecular flexibility index (Phi) is 4.87. The number of ether oxygens (including phenoxy) is 2. The first-order chi connectivity index (χ1) is 10.7. The monoisotopic (exact) mass is 326 g/mol. The minimum atomic E-state index is -0.894. The zero-order valence-electron chi connectivity index (χ0n) is 14.3. The first-order valence-corrected chi connectivity index (χ1v) is 8.17. The molecular weight excluding hydrogens is 300 g/mol. The molecule has 2 fully saturated rings. The average Bonchev–Trinajstić information content (AvgIpc) is 3.03. The van der Waals surface area contributed by atoms with Crippen LogP contribution in [0, 0.1) is 0 Å². The van der Waals surface area contributed by atoms with Gasteiger partial charge in [-0.25, -0.2) is 9.59 Å². The maximum Gasteiger partial charge on any atom is 0.410 e. The van der Waals surface area contributed by atoms with Crippen molar-refractivity contribution < 1.29 is 23.9 Å². The Morgan fingerprint density at radius 1 is 1.26 bits per heavy atom. The van der Waals surface area contributed by atoms with Gasteiger partial charge >= 0.3 is 12.1 Å². The van der Waals surface area contributed by atoms with Gasteiger partial charge in [-0.15, -0.1) is 0 Å². The van der Waals surface area contributed by atoms with E-state index in [1.54, 1.807) is 27.7 Å². The van der Waals surface area contributed by atoms with E-state index in [0.717, 1.165) is 6.42 Å². The molecule has 1 saturated carbocycles. The van der Waals surface area contributed by atoms with Crippen molar-refractivity contribution in [2.24, 2.45) is 0 Å². The molecule has 0 unspecified atom stereocenters. The van der Waals surface area contributed by atoms with E-state index < -0.39 is 29.2 Å². The number of likely N-dealkylation sites (tertiary alicyclic amines) is 1. The lowest BCUT2D eigenvalue weighted by atomic mass is 10.1. The molecule has 1 aliphatic heterocycles. The number of esters is 1. The van der Waals surface area contributed by atoms with Crippen LogP contribution in [0.5, 0.6) is 0 Å². The van der Waals surface area contributed by atoms with E-state index in [0.29, 0.717) is 25.8 Å². The average molecular weight is 326 g/mol. The summed E-state index contributed by atoms with van der Waals surface area (Å²) in [6.07, 6.45) is 1.98. The van der Waals surface area contributed by atoms with E-state index in [4.69, 9.17) is 9.47 Å². The number of amides is 2. The van der Waals surface area contributed by atoms with Crippen molar-refractivity contribution in [3.8, 4) is 0 Å². The van der Waals surface area contributed by atoms with Gasteiger partial charge in [0, 0.05) is 6.54 Å². The topological polar surface area (TPSA) is 84.9 Å². The summed E-state index contributed by atoms with van der Waals surface area (Å²) in [6.45, 7) is 7.86. The Morgan fingerprint density at radius 3 is 2.43 bits per heavy atom. The standard InChI is InChI=1S/C16H26N2O5/c1-5-22-13(20)16(8-9-16)17-12(19)11-7-6-10-18(11)14(21)23-15(2,3)4/h11H,5-10H2,1-4H3,(H,17,19)/t11-/m0/s1. The molecule has 0 aromatic heterocycles. The van der Waals surface area contributed by atoms with Gasteiger partial charge in [0.1, 0.15) is 17.2 Å². The van der Waals surface area contributed by atoms with Crippen molar-refractivity contribution in [2.45, 2.75) is 70.6 Å². The predicted octanol–water partition coefficient (Wildman–Crippen LogP) is 1.60. The smallest absolute Gasteiger partial charge is 0.410 e. The van der Waals surface area contributed by atoms with E-state index in [9.17, 15) is 14.4 Å². The Hall–Kier alpha value is -1.79. The van der Waals surface area contributed by atoms with Gasteiger partial charge < -0.3 is 14.8 Å². The molecule has 1 heterocycles. The zero-order valence-corrected chi connectivity index (χ0v) is 14.3. The van der Waals surface area contributed by atoms with E-state index in [1.807, 2.05) is 0 Å². The second kappa shape index (κ2) is 6.37. The molecule has 1 N–H and O–H groups in total. The normalized spacial score (nSPS) is 22.4. The molecule has 2 aliphatic rings. The third-order valence-corrected chi connectivity index (χ3v) is 3.96. The summed E-state index contributed by atoms with van der Waals surface area (Å²) in [5, 5.41) is 2.78. The molecule has 0 spiro atoms. The van der Waals surface area contributed by atoms with Crippen LogP contribution in [-0.4, -0.2) is 53.2 Å². The predicted molar refractivity (Wildman–Crippen MR) is 82.7 cm³/mol. The van der Waals surface area contributed by atoms with Crippen LogP contribution < -0.4 is 5.32 Å². The molecule has 0 aromatic rings. The second-order valence-electron chi connectivity index (χ2n) is 7.12. The van der Waals surface area contributed by atoms with Crippen LogP contribution >= 0.6 is 0 Å². The first kappa shape index (κ1) is 17.6. The summed E-state index contributed by atoms with van der Waals surface area (Å²) in [5.41, 5.74) is -1.50. The van der Waals surface area contributed by atoms with Crippen LogP contribution in [0.2, 0.25) is 0 Å². The Bertz CT molecular complexity index is 493. The quantitative estimate of drug-likeness (QED) is 0.793. The highest BCUT2D eigenvalue weighted by Gasteiger charge is 2.54. The van der Waals surface area contributed by atoms with Crippen LogP contribution in [0.4, 0.5) is 4.79 Å². The molecule has 1 aliphatic carbocycles. The Labute approximate surface area is 136 Å². The van der Waals surface area contributed by atoms with Gasteiger partial charge in [-0.05, 0) is 53.4 Å². The fraction of sp³-hybridized carbons (Fsp3) is 0.812. The number of rotatable bonds is 4. The first-order valence-electron chi connectivity index (χ1n) is 8.17. The SMILES string of the molecule is CCOC(=O)C1(NC(=O)[C@@H]2CCCN2C(=O)OC(C)(C)C)CC1. The fourth-order valence-corrected chi connectivity index (χ4v) is 2.67. The lowest BCUT2D eigenvalue weighted by molar-refractivity contribution is -0.149. The largest absolute Gasteiger partial charge is 0.464 e. The highest BCUT2D eigenvalue weighted by atomic mass is 16.6. The molecule has 2 rings (SSSR count). The number of carbonyl (C=O) groups excluding carboxylic acids is 3. The van der Waals surface area contributed by atoms with Crippen molar-refractivity contribution in [2.75, 3.05) is 13.2 Å². The van der Waals surface area contributed by atoms with Gasteiger partial charge in [0.25, 0.3) is 0 Å². The number of hydrogen-bond donors (Lipinski definition) is 1. The molecule has 7 heteroatoms. The molecule has 1 saturated heterocycles.